The number of amides is 1. The van der Waals surface area contributed by atoms with Crippen LogP contribution in [0.2, 0.25) is 0 Å². The summed E-state index contributed by atoms with van der Waals surface area (Å²) >= 11 is 0. The molecule has 0 aromatic carbocycles. The van der Waals surface area contributed by atoms with E-state index >= 15 is 0 Å². The summed E-state index contributed by atoms with van der Waals surface area (Å²) in [5, 5.41) is 9.42. The van der Waals surface area contributed by atoms with Crippen molar-refractivity contribution in [3.05, 3.63) is 0 Å². The van der Waals surface area contributed by atoms with E-state index in [9.17, 15) is 4.79 Å². The number of carbonyl (C=O) groups excluding carboxylic acids is 1. The number of carbonyl (C=O) groups is 1. The molecule has 1 saturated carbocycles. The maximum absolute atomic E-state index is 11.7. The Kier molecular flexibility index (Phi) is 9.24. The van der Waals surface area contributed by atoms with Crippen LogP contribution in [-0.2, 0) is 4.79 Å². The van der Waals surface area contributed by atoms with E-state index in [4.69, 9.17) is 0 Å². The molecular weight excluding hydrogens is 379 g/mol. The Morgan fingerprint density at radius 1 is 1.24 bits per heavy atom. The summed E-state index contributed by atoms with van der Waals surface area (Å²) in [6, 6.07) is 0.500. The van der Waals surface area contributed by atoms with Crippen molar-refractivity contribution in [1.82, 2.24) is 16.0 Å². The van der Waals surface area contributed by atoms with Crippen LogP contribution < -0.4 is 16.0 Å². The first-order valence-corrected chi connectivity index (χ1v) is 7.58. The van der Waals surface area contributed by atoms with Gasteiger partial charge in [-0.25, -0.2) is 0 Å². The summed E-state index contributed by atoms with van der Waals surface area (Å²) in [6.45, 7) is 6.73. The van der Waals surface area contributed by atoms with Crippen LogP contribution in [0.1, 0.15) is 46.5 Å². The minimum atomic E-state index is -0.451. The monoisotopic (exact) mass is 410 g/mol. The lowest BCUT2D eigenvalue weighted by Crippen LogP contribution is -2.50. The predicted octanol–water partition coefficient (Wildman–Crippen LogP) is 2.12. The van der Waals surface area contributed by atoms with Crippen molar-refractivity contribution in [2.75, 3.05) is 20.6 Å². The van der Waals surface area contributed by atoms with Gasteiger partial charge in [-0.3, -0.25) is 9.79 Å². The molecule has 0 aromatic heterocycles. The van der Waals surface area contributed by atoms with Crippen LogP contribution >= 0.6 is 24.0 Å². The largest absolute Gasteiger partial charge is 0.359 e. The number of rotatable bonds is 4. The second-order valence-electron chi connectivity index (χ2n) is 6.49. The number of halogens is 1. The van der Waals surface area contributed by atoms with E-state index in [2.05, 4.69) is 27.9 Å². The molecule has 1 aliphatic carbocycles. The van der Waals surface area contributed by atoms with E-state index in [-0.39, 0.29) is 29.9 Å². The fraction of sp³-hybridized carbons (Fsp3) is 0.867. The third kappa shape index (κ3) is 6.84. The number of nitrogens with zero attached hydrogens (tertiary/aromatic N) is 1. The molecule has 0 bridgehead atoms. The SMILES string of the molecule is CN=C(NCC(C)(C)C(=O)NC)NC1CCC(C)CC1.I. The first-order valence-electron chi connectivity index (χ1n) is 7.58. The fourth-order valence-corrected chi connectivity index (χ4v) is 2.52. The summed E-state index contributed by atoms with van der Waals surface area (Å²) in [4.78, 5) is 16.0. The normalized spacial score (nSPS) is 23.0. The van der Waals surface area contributed by atoms with E-state index in [1.165, 1.54) is 25.7 Å². The minimum Gasteiger partial charge on any atom is -0.359 e. The van der Waals surface area contributed by atoms with Crippen LogP contribution in [0.5, 0.6) is 0 Å². The van der Waals surface area contributed by atoms with Crippen molar-refractivity contribution in [3.63, 3.8) is 0 Å². The maximum Gasteiger partial charge on any atom is 0.227 e. The fourth-order valence-electron chi connectivity index (χ4n) is 2.52. The van der Waals surface area contributed by atoms with Gasteiger partial charge >= 0.3 is 0 Å². The first kappa shape index (κ1) is 20.5. The Labute approximate surface area is 146 Å². The van der Waals surface area contributed by atoms with E-state index in [0.717, 1.165) is 11.9 Å². The molecule has 124 valence electrons. The molecule has 1 fully saturated rings. The molecule has 6 heteroatoms. The van der Waals surface area contributed by atoms with Crippen molar-refractivity contribution in [2.24, 2.45) is 16.3 Å². The van der Waals surface area contributed by atoms with Gasteiger partial charge in [0.25, 0.3) is 0 Å². The lowest BCUT2D eigenvalue weighted by atomic mass is 9.87. The highest BCUT2D eigenvalue weighted by atomic mass is 127. The van der Waals surface area contributed by atoms with Crippen LogP contribution in [0.4, 0.5) is 0 Å². The van der Waals surface area contributed by atoms with Gasteiger partial charge in [0.05, 0.1) is 5.41 Å². The first-order chi connectivity index (χ1) is 9.39. The average Bonchev–Trinajstić information content (AvgIpc) is 2.44. The zero-order chi connectivity index (χ0) is 15.2. The highest BCUT2D eigenvalue weighted by Gasteiger charge is 2.27. The van der Waals surface area contributed by atoms with Crippen molar-refractivity contribution in [2.45, 2.75) is 52.5 Å². The van der Waals surface area contributed by atoms with Crippen LogP contribution in [0.15, 0.2) is 4.99 Å². The second-order valence-corrected chi connectivity index (χ2v) is 6.49. The number of aliphatic imine (C=N–C) groups is 1. The Bertz CT molecular complexity index is 350. The molecule has 21 heavy (non-hydrogen) atoms. The quantitative estimate of drug-likeness (QED) is 0.378. The minimum absolute atomic E-state index is 0. The number of hydrogen-bond donors (Lipinski definition) is 3. The molecule has 0 saturated heterocycles. The Balaban J connectivity index is 0.00000400. The van der Waals surface area contributed by atoms with Crippen LogP contribution in [0, 0.1) is 11.3 Å². The Morgan fingerprint density at radius 2 is 1.81 bits per heavy atom. The van der Waals surface area contributed by atoms with Gasteiger partial charge in [-0.05, 0) is 45.4 Å². The molecule has 0 atom stereocenters. The van der Waals surface area contributed by atoms with Gasteiger partial charge in [-0.15, -0.1) is 24.0 Å². The van der Waals surface area contributed by atoms with Crippen molar-refractivity contribution in [1.29, 1.82) is 0 Å². The van der Waals surface area contributed by atoms with Gasteiger partial charge in [0.1, 0.15) is 0 Å². The highest BCUT2D eigenvalue weighted by Crippen LogP contribution is 2.23. The average molecular weight is 410 g/mol. The number of guanidine groups is 1. The molecule has 0 aliphatic heterocycles. The molecule has 1 rings (SSSR count). The van der Waals surface area contributed by atoms with Crippen LogP contribution in [0.25, 0.3) is 0 Å². The predicted molar refractivity (Wildman–Crippen MR) is 99.2 cm³/mol. The van der Waals surface area contributed by atoms with E-state index in [1.54, 1.807) is 14.1 Å². The van der Waals surface area contributed by atoms with Crippen LogP contribution in [0.3, 0.4) is 0 Å². The van der Waals surface area contributed by atoms with Crippen molar-refractivity contribution < 1.29 is 4.79 Å². The molecule has 0 heterocycles. The molecule has 5 nitrogen and oxygen atoms in total. The molecule has 3 N–H and O–H groups in total. The van der Waals surface area contributed by atoms with Crippen molar-refractivity contribution in [3.8, 4) is 0 Å². The standard InChI is InChI=1S/C15H30N4O.HI/c1-11-6-8-12(9-7-11)19-14(17-5)18-10-15(2,3)13(20)16-4;/h11-12H,6-10H2,1-5H3,(H,16,20)(H2,17,18,19);1H. The summed E-state index contributed by atoms with van der Waals surface area (Å²) in [5.74, 6) is 1.67. The van der Waals surface area contributed by atoms with Crippen LogP contribution in [-0.4, -0.2) is 38.5 Å². The molecule has 0 unspecified atom stereocenters. The number of nitrogens with one attached hydrogen (secondary N) is 3. The molecule has 0 spiro atoms. The van der Waals surface area contributed by atoms with Crippen molar-refractivity contribution >= 4 is 35.8 Å². The van der Waals surface area contributed by atoms with Gasteiger partial charge in [0.15, 0.2) is 5.96 Å². The van der Waals surface area contributed by atoms with E-state index < -0.39 is 5.41 Å². The smallest absolute Gasteiger partial charge is 0.227 e. The third-order valence-corrected chi connectivity index (χ3v) is 4.12. The highest BCUT2D eigenvalue weighted by molar-refractivity contribution is 14.0. The van der Waals surface area contributed by atoms with Gasteiger partial charge in [-0.2, -0.15) is 0 Å². The Hall–Kier alpha value is -0.530. The summed E-state index contributed by atoms with van der Waals surface area (Å²) in [5.41, 5.74) is -0.451. The zero-order valence-corrected chi connectivity index (χ0v) is 16.3. The summed E-state index contributed by atoms with van der Waals surface area (Å²) in [6.07, 6.45) is 4.94. The molecular formula is C15H31IN4O. The Morgan fingerprint density at radius 3 is 2.29 bits per heavy atom. The molecule has 1 amide bonds. The summed E-state index contributed by atoms with van der Waals surface area (Å²) in [7, 11) is 3.44. The van der Waals surface area contributed by atoms with Gasteiger partial charge in [0, 0.05) is 26.7 Å². The lowest BCUT2D eigenvalue weighted by molar-refractivity contribution is -0.128. The van der Waals surface area contributed by atoms with Gasteiger partial charge in [-0.1, -0.05) is 6.92 Å². The summed E-state index contributed by atoms with van der Waals surface area (Å²) < 4.78 is 0. The van der Waals surface area contributed by atoms with Gasteiger partial charge < -0.3 is 16.0 Å². The topological polar surface area (TPSA) is 65.5 Å². The third-order valence-electron chi connectivity index (χ3n) is 4.12. The van der Waals surface area contributed by atoms with E-state index in [1.807, 2.05) is 13.8 Å². The molecule has 1 aliphatic rings. The molecule has 0 radical (unpaired) electrons. The maximum atomic E-state index is 11.7. The van der Waals surface area contributed by atoms with E-state index in [0.29, 0.717) is 12.6 Å². The lowest BCUT2D eigenvalue weighted by Gasteiger charge is -2.29. The second kappa shape index (κ2) is 9.48. The number of hydrogen-bond acceptors (Lipinski definition) is 2. The zero-order valence-electron chi connectivity index (χ0n) is 14.0. The van der Waals surface area contributed by atoms with Gasteiger partial charge in [0.2, 0.25) is 5.91 Å². The molecule has 0 aromatic rings.